The molecule has 35 heavy (non-hydrogen) atoms. The monoisotopic (exact) mass is 480 g/mol. The van der Waals surface area contributed by atoms with Crippen LogP contribution in [0.15, 0.2) is 48.5 Å². The number of ether oxygens (including phenoxy) is 3. The van der Waals surface area contributed by atoms with Crippen LogP contribution in [0.5, 0.6) is 0 Å². The molecule has 0 unspecified atom stereocenters. The number of hydrogen-bond acceptors (Lipinski definition) is 6. The van der Waals surface area contributed by atoms with Crippen LogP contribution < -0.4 is 10.6 Å². The summed E-state index contributed by atoms with van der Waals surface area (Å²) in [7, 11) is 1.29. The Labute approximate surface area is 205 Å². The summed E-state index contributed by atoms with van der Waals surface area (Å²) in [4.78, 5) is 37.1. The molecular weight excluding hydrogens is 448 g/mol. The number of amides is 2. The van der Waals surface area contributed by atoms with Gasteiger partial charge in [0.15, 0.2) is 0 Å². The molecule has 0 spiro atoms. The minimum absolute atomic E-state index is 0.0738. The largest absolute Gasteiger partial charge is 0.467 e. The first kappa shape index (κ1) is 24.6. The molecule has 0 heterocycles. The molecule has 0 aromatic heterocycles. The molecule has 0 bridgehead atoms. The molecule has 2 aliphatic carbocycles. The highest BCUT2D eigenvalue weighted by atomic mass is 16.6. The van der Waals surface area contributed by atoms with Gasteiger partial charge in [0, 0.05) is 12.5 Å². The van der Waals surface area contributed by atoms with Crippen LogP contribution in [0.25, 0.3) is 11.1 Å². The minimum atomic E-state index is -1.15. The summed E-state index contributed by atoms with van der Waals surface area (Å²) in [6, 6.07) is 16.2. The lowest BCUT2D eigenvalue weighted by molar-refractivity contribution is -0.144. The van der Waals surface area contributed by atoms with E-state index >= 15 is 0 Å². The molecule has 0 radical (unpaired) electrons. The van der Waals surface area contributed by atoms with Crippen molar-refractivity contribution < 1.29 is 28.6 Å². The van der Waals surface area contributed by atoms with Crippen molar-refractivity contribution in [1.82, 2.24) is 10.6 Å². The third-order valence-electron chi connectivity index (χ3n) is 6.48. The average molecular weight is 481 g/mol. The number of fused-ring (bicyclic) bond motifs is 3. The molecule has 1 saturated carbocycles. The molecule has 4 rings (SSSR count). The third kappa shape index (κ3) is 5.26. The predicted molar refractivity (Wildman–Crippen MR) is 130 cm³/mol. The molecule has 2 aromatic carbocycles. The van der Waals surface area contributed by atoms with Crippen molar-refractivity contribution >= 4 is 18.2 Å². The second-order valence-electron chi connectivity index (χ2n) is 10.0. The van der Waals surface area contributed by atoms with E-state index in [1.807, 2.05) is 36.4 Å². The van der Waals surface area contributed by atoms with Gasteiger partial charge in [0.1, 0.15) is 17.7 Å². The standard InChI is InChI=1S/C27H32N2O6/c1-26(2,3)35-24(31)28-14-13-17-15-27(17,23(30)33-4)29-25(32)34-16-22-20-11-7-5-9-18(20)19-10-6-8-12-21(19)22/h5-12,17,22H,13-16H2,1-4H3,(H,28,31)(H,29,32)/t17-,27-/m1/s1. The van der Waals surface area contributed by atoms with E-state index in [1.54, 1.807) is 20.8 Å². The number of nitrogens with one attached hydrogen (secondary N) is 2. The van der Waals surface area contributed by atoms with Crippen molar-refractivity contribution in [1.29, 1.82) is 0 Å². The van der Waals surface area contributed by atoms with E-state index in [0.29, 0.717) is 19.4 Å². The van der Waals surface area contributed by atoms with Crippen LogP contribution in [0.1, 0.15) is 50.7 Å². The zero-order valence-corrected chi connectivity index (χ0v) is 20.6. The second-order valence-corrected chi connectivity index (χ2v) is 10.0. The number of hydrogen-bond donors (Lipinski definition) is 2. The smallest absolute Gasteiger partial charge is 0.408 e. The highest BCUT2D eigenvalue weighted by Gasteiger charge is 2.62. The van der Waals surface area contributed by atoms with Gasteiger partial charge in [-0.25, -0.2) is 14.4 Å². The molecule has 2 N–H and O–H groups in total. The maximum absolute atomic E-state index is 12.8. The zero-order valence-electron chi connectivity index (χ0n) is 20.6. The molecule has 0 aliphatic heterocycles. The maximum atomic E-state index is 12.8. The van der Waals surface area contributed by atoms with Gasteiger partial charge in [-0.15, -0.1) is 0 Å². The SMILES string of the molecule is COC(=O)[C@@]1(NC(=O)OCC2c3ccccc3-c3ccccc32)C[C@H]1CCNC(=O)OC(C)(C)C. The molecule has 2 aliphatic rings. The van der Waals surface area contributed by atoms with Gasteiger partial charge >= 0.3 is 18.2 Å². The van der Waals surface area contributed by atoms with Crippen LogP contribution in [0.2, 0.25) is 0 Å². The van der Waals surface area contributed by atoms with Gasteiger partial charge in [0.05, 0.1) is 7.11 Å². The van der Waals surface area contributed by atoms with E-state index in [0.717, 1.165) is 22.3 Å². The van der Waals surface area contributed by atoms with Crippen molar-refractivity contribution in [2.75, 3.05) is 20.3 Å². The number of methoxy groups -OCH3 is 1. The van der Waals surface area contributed by atoms with E-state index in [-0.39, 0.29) is 18.4 Å². The fourth-order valence-corrected chi connectivity index (χ4v) is 4.79. The van der Waals surface area contributed by atoms with E-state index in [2.05, 4.69) is 22.8 Å². The molecule has 2 amide bonds. The molecule has 8 heteroatoms. The number of benzene rings is 2. The van der Waals surface area contributed by atoms with Crippen molar-refractivity contribution in [3.8, 4) is 11.1 Å². The first-order chi connectivity index (χ1) is 16.6. The van der Waals surface area contributed by atoms with E-state index < -0.39 is 29.3 Å². The average Bonchev–Trinajstić information content (AvgIpc) is 3.40. The normalized spacial score (nSPS) is 20.3. The van der Waals surface area contributed by atoms with Crippen molar-refractivity contribution in [2.24, 2.45) is 5.92 Å². The van der Waals surface area contributed by atoms with Crippen molar-refractivity contribution in [2.45, 2.75) is 50.7 Å². The van der Waals surface area contributed by atoms with Gasteiger partial charge in [-0.1, -0.05) is 48.5 Å². The Morgan fingerprint density at radius 3 is 2.14 bits per heavy atom. The fraction of sp³-hybridized carbons (Fsp3) is 0.444. The summed E-state index contributed by atoms with van der Waals surface area (Å²) in [5, 5.41) is 5.42. The molecule has 186 valence electrons. The predicted octanol–water partition coefficient (Wildman–Crippen LogP) is 4.37. The Kier molecular flexibility index (Phi) is 6.74. The Balaban J connectivity index is 1.34. The third-order valence-corrected chi connectivity index (χ3v) is 6.48. The first-order valence-electron chi connectivity index (χ1n) is 11.8. The number of carbonyl (C=O) groups excluding carboxylic acids is 3. The number of rotatable bonds is 7. The van der Waals surface area contributed by atoms with Gasteiger partial charge in [0.25, 0.3) is 0 Å². The van der Waals surface area contributed by atoms with Gasteiger partial charge < -0.3 is 24.8 Å². The summed E-state index contributed by atoms with van der Waals surface area (Å²) < 4.78 is 15.8. The quantitative estimate of drug-likeness (QED) is 0.451. The molecule has 2 atom stereocenters. The Hall–Kier alpha value is -3.55. The molecular formula is C27H32N2O6. The molecule has 8 nitrogen and oxygen atoms in total. The summed E-state index contributed by atoms with van der Waals surface area (Å²) in [6.45, 7) is 5.82. The number of carbonyl (C=O) groups is 3. The van der Waals surface area contributed by atoms with Crippen LogP contribution in [0, 0.1) is 5.92 Å². The maximum Gasteiger partial charge on any atom is 0.408 e. The van der Waals surface area contributed by atoms with Crippen LogP contribution in [0.4, 0.5) is 9.59 Å². The Bertz CT molecular complexity index is 1080. The Morgan fingerprint density at radius 2 is 1.57 bits per heavy atom. The Morgan fingerprint density at radius 1 is 0.971 bits per heavy atom. The molecule has 0 saturated heterocycles. The lowest BCUT2D eigenvalue weighted by Gasteiger charge is -2.20. The lowest BCUT2D eigenvalue weighted by atomic mass is 9.98. The summed E-state index contributed by atoms with van der Waals surface area (Å²) >= 11 is 0. The number of alkyl carbamates (subject to hydrolysis) is 2. The van der Waals surface area contributed by atoms with E-state index in [1.165, 1.54) is 7.11 Å². The lowest BCUT2D eigenvalue weighted by Crippen LogP contribution is -2.46. The van der Waals surface area contributed by atoms with Crippen LogP contribution >= 0.6 is 0 Å². The van der Waals surface area contributed by atoms with Crippen LogP contribution in [-0.2, 0) is 19.0 Å². The minimum Gasteiger partial charge on any atom is -0.467 e. The van der Waals surface area contributed by atoms with E-state index in [4.69, 9.17) is 14.2 Å². The van der Waals surface area contributed by atoms with Gasteiger partial charge in [-0.05, 0) is 61.8 Å². The number of esters is 1. The van der Waals surface area contributed by atoms with Crippen molar-refractivity contribution in [3.63, 3.8) is 0 Å². The summed E-state index contributed by atoms with van der Waals surface area (Å²) in [5.74, 6) is -0.770. The van der Waals surface area contributed by atoms with E-state index in [9.17, 15) is 14.4 Å². The van der Waals surface area contributed by atoms with Crippen LogP contribution in [0.3, 0.4) is 0 Å². The highest BCUT2D eigenvalue weighted by Crippen LogP contribution is 2.47. The van der Waals surface area contributed by atoms with Gasteiger partial charge in [-0.2, -0.15) is 0 Å². The molecule has 2 aromatic rings. The first-order valence-corrected chi connectivity index (χ1v) is 11.8. The van der Waals surface area contributed by atoms with Gasteiger partial charge in [-0.3, -0.25) is 0 Å². The van der Waals surface area contributed by atoms with Gasteiger partial charge in [0.2, 0.25) is 0 Å². The van der Waals surface area contributed by atoms with Crippen molar-refractivity contribution in [3.05, 3.63) is 59.7 Å². The summed E-state index contributed by atoms with van der Waals surface area (Å²) in [6.07, 6.45) is -0.288. The topological polar surface area (TPSA) is 103 Å². The summed E-state index contributed by atoms with van der Waals surface area (Å²) in [5.41, 5.74) is 2.77. The zero-order chi connectivity index (χ0) is 25.2. The second kappa shape index (κ2) is 9.60. The highest BCUT2D eigenvalue weighted by molar-refractivity contribution is 5.89. The van der Waals surface area contributed by atoms with Crippen LogP contribution in [-0.4, -0.2) is 49.6 Å². The molecule has 1 fully saturated rings. The fourth-order valence-electron chi connectivity index (χ4n) is 4.79.